The van der Waals surface area contributed by atoms with E-state index < -0.39 is 0 Å². The van der Waals surface area contributed by atoms with Crippen molar-refractivity contribution in [1.82, 2.24) is 5.32 Å². The van der Waals surface area contributed by atoms with Gasteiger partial charge >= 0.3 is 6.09 Å². The number of hydrogen-bond donors (Lipinski definition) is 2. The highest BCUT2D eigenvalue weighted by molar-refractivity contribution is 7.80. The molecule has 0 aromatic heterocycles. The maximum atomic E-state index is 10.5. The van der Waals surface area contributed by atoms with Gasteiger partial charge < -0.3 is 15.8 Å². The molecule has 0 spiro atoms. The van der Waals surface area contributed by atoms with Crippen LogP contribution < -0.4 is 11.1 Å². The first-order valence-electron chi connectivity index (χ1n) is 3.41. The standard InChI is InChI=1S/C6H10N2O2S/c7-5(11)2-1-4-3-8-6(9)10-4/h4H,1-3H2,(H2,7,11)(H,8,9). The molecule has 0 bridgehead atoms. The van der Waals surface area contributed by atoms with Crippen LogP contribution in [0.1, 0.15) is 12.8 Å². The summed E-state index contributed by atoms with van der Waals surface area (Å²) in [5.41, 5.74) is 5.28. The lowest BCUT2D eigenvalue weighted by molar-refractivity contribution is 0.137. The summed E-state index contributed by atoms with van der Waals surface area (Å²) in [5, 5.41) is 2.55. The molecular weight excluding hydrogens is 164 g/mol. The molecule has 3 N–H and O–H groups in total. The van der Waals surface area contributed by atoms with Gasteiger partial charge in [0.1, 0.15) is 6.10 Å². The second kappa shape index (κ2) is 3.52. The molecule has 11 heavy (non-hydrogen) atoms. The van der Waals surface area contributed by atoms with Gasteiger partial charge in [-0.25, -0.2) is 4.79 Å². The first-order valence-corrected chi connectivity index (χ1v) is 3.82. The normalized spacial score (nSPS) is 22.5. The summed E-state index contributed by atoms with van der Waals surface area (Å²) in [6.07, 6.45) is 0.949. The molecule has 5 heteroatoms. The van der Waals surface area contributed by atoms with Gasteiger partial charge in [-0.1, -0.05) is 12.2 Å². The zero-order valence-electron chi connectivity index (χ0n) is 6.00. The number of carbonyl (C=O) groups is 1. The summed E-state index contributed by atoms with van der Waals surface area (Å²) in [7, 11) is 0. The molecule has 1 aliphatic rings. The van der Waals surface area contributed by atoms with Gasteiger partial charge in [0.15, 0.2) is 0 Å². The van der Waals surface area contributed by atoms with Gasteiger partial charge in [-0.05, 0) is 6.42 Å². The molecule has 4 nitrogen and oxygen atoms in total. The molecule has 1 unspecified atom stereocenters. The van der Waals surface area contributed by atoms with Gasteiger partial charge in [0.05, 0.1) is 11.5 Å². The van der Waals surface area contributed by atoms with E-state index >= 15 is 0 Å². The van der Waals surface area contributed by atoms with Crippen LogP contribution in [0.4, 0.5) is 4.79 Å². The number of carbonyl (C=O) groups excluding carboxylic acids is 1. The molecule has 1 fully saturated rings. The summed E-state index contributed by atoms with van der Waals surface area (Å²) in [5.74, 6) is 0. The highest BCUT2D eigenvalue weighted by Gasteiger charge is 2.21. The van der Waals surface area contributed by atoms with Crippen molar-refractivity contribution in [1.29, 1.82) is 0 Å². The van der Waals surface area contributed by atoms with Crippen molar-refractivity contribution in [2.75, 3.05) is 6.54 Å². The average molecular weight is 174 g/mol. The van der Waals surface area contributed by atoms with E-state index in [0.717, 1.165) is 0 Å². The second-order valence-electron chi connectivity index (χ2n) is 2.41. The highest BCUT2D eigenvalue weighted by Crippen LogP contribution is 2.06. The third kappa shape index (κ3) is 2.71. The molecule has 0 radical (unpaired) electrons. The number of alkyl carbamates (subject to hydrolysis) is 1. The van der Waals surface area contributed by atoms with Gasteiger partial charge in [0.25, 0.3) is 0 Å². The summed E-state index contributed by atoms with van der Waals surface area (Å²) in [6, 6.07) is 0. The number of nitrogens with two attached hydrogens (primary N) is 1. The monoisotopic (exact) mass is 174 g/mol. The number of rotatable bonds is 3. The molecule has 1 amide bonds. The Morgan fingerprint density at radius 2 is 2.64 bits per heavy atom. The highest BCUT2D eigenvalue weighted by atomic mass is 32.1. The zero-order valence-corrected chi connectivity index (χ0v) is 6.82. The number of cyclic esters (lactones) is 1. The first kappa shape index (κ1) is 8.26. The van der Waals surface area contributed by atoms with Crippen molar-refractivity contribution in [2.24, 2.45) is 5.73 Å². The Hall–Kier alpha value is -0.840. The third-order valence-electron chi connectivity index (χ3n) is 1.46. The van der Waals surface area contributed by atoms with Crippen LogP contribution in [0.15, 0.2) is 0 Å². The van der Waals surface area contributed by atoms with Crippen molar-refractivity contribution in [2.45, 2.75) is 18.9 Å². The molecular formula is C6H10N2O2S. The predicted octanol–water partition coefficient (Wildman–Crippen LogP) is 0.161. The van der Waals surface area contributed by atoms with Crippen LogP contribution in [-0.4, -0.2) is 23.7 Å². The zero-order chi connectivity index (χ0) is 8.27. The maximum Gasteiger partial charge on any atom is 0.407 e. The lowest BCUT2D eigenvalue weighted by Crippen LogP contribution is -2.17. The second-order valence-corrected chi connectivity index (χ2v) is 2.94. The number of thiocarbonyl (C=S) groups is 1. The van der Waals surface area contributed by atoms with Gasteiger partial charge in [-0.2, -0.15) is 0 Å². The fourth-order valence-electron chi connectivity index (χ4n) is 0.896. The number of amides is 1. The van der Waals surface area contributed by atoms with E-state index in [4.69, 9.17) is 10.5 Å². The van der Waals surface area contributed by atoms with Crippen LogP contribution in [0.3, 0.4) is 0 Å². The smallest absolute Gasteiger partial charge is 0.407 e. The van der Waals surface area contributed by atoms with E-state index in [9.17, 15) is 4.79 Å². The lowest BCUT2D eigenvalue weighted by Gasteiger charge is -2.04. The molecule has 0 aromatic rings. The van der Waals surface area contributed by atoms with Gasteiger partial charge in [-0.15, -0.1) is 0 Å². The number of nitrogens with one attached hydrogen (secondary N) is 1. The van der Waals surface area contributed by atoms with Crippen LogP contribution in [-0.2, 0) is 4.74 Å². The average Bonchev–Trinajstić information content (AvgIpc) is 2.31. The van der Waals surface area contributed by atoms with E-state index in [0.29, 0.717) is 24.4 Å². The Labute approximate surface area is 70.1 Å². The summed E-state index contributed by atoms with van der Waals surface area (Å²) in [6.45, 7) is 0.571. The van der Waals surface area contributed by atoms with Crippen molar-refractivity contribution in [3.63, 3.8) is 0 Å². The van der Waals surface area contributed by atoms with E-state index in [1.54, 1.807) is 0 Å². The summed E-state index contributed by atoms with van der Waals surface area (Å²) >= 11 is 4.68. The molecule has 0 aromatic carbocycles. The fraction of sp³-hybridized carbons (Fsp3) is 0.667. The van der Waals surface area contributed by atoms with Crippen LogP contribution in [0, 0.1) is 0 Å². The van der Waals surface area contributed by atoms with Gasteiger partial charge in [0, 0.05) is 6.42 Å². The predicted molar refractivity (Wildman–Crippen MR) is 44.3 cm³/mol. The van der Waals surface area contributed by atoms with Crippen LogP contribution in [0.5, 0.6) is 0 Å². The Kier molecular flexibility index (Phi) is 2.64. The number of hydrogen-bond acceptors (Lipinski definition) is 3. The van der Waals surface area contributed by atoms with E-state index in [1.165, 1.54) is 0 Å². The molecule has 0 aliphatic carbocycles. The van der Waals surface area contributed by atoms with Crippen molar-refractivity contribution in [3.8, 4) is 0 Å². The van der Waals surface area contributed by atoms with Crippen molar-refractivity contribution < 1.29 is 9.53 Å². The van der Waals surface area contributed by atoms with E-state index in [2.05, 4.69) is 17.5 Å². The van der Waals surface area contributed by atoms with Gasteiger partial charge in [-0.3, -0.25) is 0 Å². The Morgan fingerprint density at radius 3 is 3.09 bits per heavy atom. The lowest BCUT2D eigenvalue weighted by atomic mass is 10.2. The van der Waals surface area contributed by atoms with Crippen LogP contribution >= 0.6 is 12.2 Å². The molecule has 1 atom stereocenters. The minimum atomic E-state index is -0.349. The first-order chi connectivity index (χ1) is 5.18. The molecule has 0 saturated carbocycles. The summed E-state index contributed by atoms with van der Waals surface area (Å²) < 4.78 is 4.85. The van der Waals surface area contributed by atoms with Crippen molar-refractivity contribution >= 4 is 23.3 Å². The topological polar surface area (TPSA) is 64.3 Å². The van der Waals surface area contributed by atoms with Crippen LogP contribution in [0.2, 0.25) is 0 Å². The summed E-state index contributed by atoms with van der Waals surface area (Å²) in [4.78, 5) is 11.0. The quantitative estimate of drug-likeness (QED) is 0.598. The molecule has 1 aliphatic heterocycles. The SMILES string of the molecule is NC(=S)CCC1CNC(=O)O1. The Balaban J connectivity index is 2.18. The third-order valence-corrected chi connectivity index (χ3v) is 1.66. The van der Waals surface area contributed by atoms with Gasteiger partial charge in [0.2, 0.25) is 0 Å². The van der Waals surface area contributed by atoms with E-state index in [-0.39, 0.29) is 12.2 Å². The molecule has 1 saturated heterocycles. The van der Waals surface area contributed by atoms with E-state index in [1.807, 2.05) is 0 Å². The molecule has 62 valence electrons. The maximum absolute atomic E-state index is 10.5. The minimum Gasteiger partial charge on any atom is -0.444 e. The van der Waals surface area contributed by atoms with Crippen LogP contribution in [0.25, 0.3) is 0 Å². The Morgan fingerprint density at radius 1 is 1.91 bits per heavy atom. The Bertz CT molecular complexity index is 183. The molecule has 1 heterocycles. The minimum absolute atomic E-state index is 0.0519. The largest absolute Gasteiger partial charge is 0.444 e. The number of ether oxygens (including phenoxy) is 1. The fourth-order valence-corrected chi connectivity index (χ4v) is 1.01. The molecule has 1 rings (SSSR count). The van der Waals surface area contributed by atoms with Crippen molar-refractivity contribution in [3.05, 3.63) is 0 Å².